The van der Waals surface area contributed by atoms with Crippen LogP contribution in [0.3, 0.4) is 0 Å². The van der Waals surface area contributed by atoms with E-state index in [9.17, 15) is 0 Å². The van der Waals surface area contributed by atoms with Gasteiger partial charge in [0, 0.05) is 24.5 Å². The number of nitrogens with zero attached hydrogens (tertiary/aromatic N) is 1. The van der Waals surface area contributed by atoms with Gasteiger partial charge >= 0.3 is 0 Å². The molecule has 1 rings (SSSR count). The molecule has 0 aromatic carbocycles. The van der Waals surface area contributed by atoms with Crippen LogP contribution in [0.15, 0.2) is 31.1 Å². The quantitative estimate of drug-likeness (QED) is 0.551. The first-order valence-electron chi connectivity index (χ1n) is 4.69. The minimum atomic E-state index is 0.671. The van der Waals surface area contributed by atoms with Crippen LogP contribution in [0.4, 0.5) is 0 Å². The molecule has 0 aliphatic heterocycles. The van der Waals surface area contributed by atoms with Crippen LogP contribution in [0.1, 0.15) is 12.0 Å². The van der Waals surface area contributed by atoms with Crippen molar-refractivity contribution in [3.63, 3.8) is 0 Å². The first-order chi connectivity index (χ1) is 6.88. The van der Waals surface area contributed by atoms with Crippen LogP contribution >= 0.6 is 0 Å². The molecule has 76 valence electrons. The van der Waals surface area contributed by atoms with Crippen LogP contribution in [0.25, 0.3) is 0 Å². The van der Waals surface area contributed by atoms with E-state index >= 15 is 0 Å². The van der Waals surface area contributed by atoms with Gasteiger partial charge in [-0.2, -0.15) is 0 Å². The zero-order chi connectivity index (χ0) is 10.2. The fourth-order valence-corrected chi connectivity index (χ4v) is 1.13. The maximum Gasteiger partial charge on any atom is 0.126 e. The van der Waals surface area contributed by atoms with E-state index in [2.05, 4.69) is 16.9 Å². The standard InChI is InChI=1S/C11H16N2O/c1-3-4-7-14-11-5-6-13-9-10(11)8-12-2/h3,5-6,9,12H,1,4,7-8H2,2H3. The highest BCUT2D eigenvalue weighted by atomic mass is 16.5. The monoisotopic (exact) mass is 192 g/mol. The lowest BCUT2D eigenvalue weighted by molar-refractivity contribution is 0.320. The Balaban J connectivity index is 2.59. The summed E-state index contributed by atoms with van der Waals surface area (Å²) in [5.41, 5.74) is 1.08. The number of hydrogen-bond donors (Lipinski definition) is 1. The molecule has 0 radical (unpaired) electrons. The van der Waals surface area contributed by atoms with Gasteiger partial charge in [-0.05, 0) is 19.5 Å². The minimum Gasteiger partial charge on any atom is -0.493 e. The van der Waals surface area contributed by atoms with Crippen LogP contribution in [0.2, 0.25) is 0 Å². The number of aromatic nitrogens is 1. The van der Waals surface area contributed by atoms with Gasteiger partial charge in [0.1, 0.15) is 5.75 Å². The highest BCUT2D eigenvalue weighted by Gasteiger charge is 2.01. The van der Waals surface area contributed by atoms with Gasteiger partial charge in [0.15, 0.2) is 0 Å². The molecule has 0 atom stereocenters. The van der Waals surface area contributed by atoms with E-state index in [-0.39, 0.29) is 0 Å². The first kappa shape index (κ1) is 10.7. The molecular formula is C11H16N2O. The third-order valence-corrected chi connectivity index (χ3v) is 1.81. The number of nitrogens with one attached hydrogen (secondary N) is 1. The van der Waals surface area contributed by atoms with Crippen LogP contribution in [-0.2, 0) is 6.54 Å². The Bertz CT molecular complexity index is 286. The molecule has 3 nitrogen and oxygen atoms in total. The van der Waals surface area contributed by atoms with Crippen molar-refractivity contribution < 1.29 is 4.74 Å². The zero-order valence-corrected chi connectivity index (χ0v) is 8.49. The van der Waals surface area contributed by atoms with Crippen molar-refractivity contribution in [1.29, 1.82) is 0 Å². The van der Waals surface area contributed by atoms with Gasteiger partial charge < -0.3 is 10.1 Å². The van der Waals surface area contributed by atoms with Crippen molar-refractivity contribution in [2.24, 2.45) is 0 Å². The van der Waals surface area contributed by atoms with Crippen molar-refractivity contribution in [3.8, 4) is 5.75 Å². The summed E-state index contributed by atoms with van der Waals surface area (Å²) in [6.07, 6.45) is 6.27. The predicted molar refractivity (Wildman–Crippen MR) is 57.3 cm³/mol. The summed E-state index contributed by atoms with van der Waals surface area (Å²) in [4.78, 5) is 4.05. The van der Waals surface area contributed by atoms with E-state index in [1.165, 1.54) is 0 Å². The van der Waals surface area contributed by atoms with Gasteiger partial charge in [0.25, 0.3) is 0 Å². The largest absolute Gasteiger partial charge is 0.493 e. The fraction of sp³-hybridized carbons (Fsp3) is 0.364. The summed E-state index contributed by atoms with van der Waals surface area (Å²) in [5.74, 6) is 0.899. The Morgan fingerprint density at radius 1 is 1.64 bits per heavy atom. The molecule has 0 saturated heterocycles. The molecule has 1 N–H and O–H groups in total. The highest BCUT2D eigenvalue weighted by molar-refractivity contribution is 5.29. The van der Waals surface area contributed by atoms with Gasteiger partial charge in [0.05, 0.1) is 6.61 Å². The van der Waals surface area contributed by atoms with Crippen molar-refractivity contribution in [2.45, 2.75) is 13.0 Å². The fourth-order valence-electron chi connectivity index (χ4n) is 1.13. The average molecular weight is 192 g/mol. The predicted octanol–water partition coefficient (Wildman–Crippen LogP) is 1.76. The minimum absolute atomic E-state index is 0.671. The molecule has 0 amide bonds. The normalized spacial score (nSPS) is 9.79. The third-order valence-electron chi connectivity index (χ3n) is 1.81. The average Bonchev–Trinajstić information content (AvgIpc) is 2.21. The van der Waals surface area contributed by atoms with Gasteiger partial charge in [-0.3, -0.25) is 4.98 Å². The van der Waals surface area contributed by atoms with Crippen LogP contribution in [-0.4, -0.2) is 18.6 Å². The summed E-state index contributed by atoms with van der Waals surface area (Å²) in [6.45, 7) is 5.09. The lowest BCUT2D eigenvalue weighted by atomic mass is 10.2. The molecule has 3 heteroatoms. The molecule has 1 heterocycles. The summed E-state index contributed by atoms with van der Waals surface area (Å²) < 4.78 is 5.58. The van der Waals surface area contributed by atoms with E-state index in [0.29, 0.717) is 6.61 Å². The summed E-state index contributed by atoms with van der Waals surface area (Å²) >= 11 is 0. The Morgan fingerprint density at radius 2 is 2.50 bits per heavy atom. The van der Waals surface area contributed by atoms with E-state index in [1.54, 1.807) is 6.20 Å². The second kappa shape index (κ2) is 6.16. The van der Waals surface area contributed by atoms with E-state index in [4.69, 9.17) is 4.74 Å². The van der Waals surface area contributed by atoms with E-state index in [0.717, 1.165) is 24.3 Å². The van der Waals surface area contributed by atoms with Crippen molar-refractivity contribution in [2.75, 3.05) is 13.7 Å². The second-order valence-corrected chi connectivity index (χ2v) is 2.94. The Kier molecular flexibility index (Phi) is 4.72. The molecule has 0 saturated carbocycles. The van der Waals surface area contributed by atoms with Gasteiger partial charge in [-0.15, -0.1) is 6.58 Å². The second-order valence-electron chi connectivity index (χ2n) is 2.94. The molecule has 1 aromatic heterocycles. The number of hydrogen-bond acceptors (Lipinski definition) is 3. The molecule has 0 unspecified atom stereocenters. The van der Waals surface area contributed by atoms with Crippen molar-refractivity contribution in [3.05, 3.63) is 36.7 Å². The Labute approximate surface area is 84.8 Å². The lowest BCUT2D eigenvalue weighted by Crippen LogP contribution is -2.08. The van der Waals surface area contributed by atoms with Crippen molar-refractivity contribution >= 4 is 0 Å². The summed E-state index contributed by atoms with van der Waals surface area (Å²) in [6, 6.07) is 1.88. The molecule has 0 spiro atoms. The topological polar surface area (TPSA) is 34.1 Å². The molecule has 14 heavy (non-hydrogen) atoms. The Hall–Kier alpha value is -1.35. The van der Waals surface area contributed by atoms with Crippen molar-refractivity contribution in [1.82, 2.24) is 10.3 Å². The molecule has 0 bridgehead atoms. The van der Waals surface area contributed by atoms with Gasteiger partial charge in [0.2, 0.25) is 0 Å². The highest BCUT2D eigenvalue weighted by Crippen LogP contribution is 2.16. The summed E-state index contributed by atoms with van der Waals surface area (Å²) in [7, 11) is 1.90. The van der Waals surface area contributed by atoms with Crippen LogP contribution in [0.5, 0.6) is 5.75 Å². The molecule has 0 aliphatic carbocycles. The smallest absolute Gasteiger partial charge is 0.126 e. The Morgan fingerprint density at radius 3 is 3.21 bits per heavy atom. The summed E-state index contributed by atoms with van der Waals surface area (Å²) in [5, 5.41) is 3.07. The molecular weight excluding hydrogens is 176 g/mol. The molecule has 0 aliphatic rings. The van der Waals surface area contributed by atoms with E-state index < -0.39 is 0 Å². The third kappa shape index (κ3) is 3.18. The molecule has 1 aromatic rings. The first-order valence-corrected chi connectivity index (χ1v) is 4.69. The van der Waals surface area contributed by atoms with Gasteiger partial charge in [-0.1, -0.05) is 6.08 Å². The zero-order valence-electron chi connectivity index (χ0n) is 8.49. The number of rotatable bonds is 6. The van der Waals surface area contributed by atoms with Crippen LogP contribution in [0, 0.1) is 0 Å². The van der Waals surface area contributed by atoms with Gasteiger partial charge in [-0.25, -0.2) is 0 Å². The lowest BCUT2D eigenvalue weighted by Gasteiger charge is -2.09. The number of pyridine rings is 1. The van der Waals surface area contributed by atoms with Crippen LogP contribution < -0.4 is 10.1 Å². The maximum absolute atomic E-state index is 5.58. The SMILES string of the molecule is C=CCCOc1ccncc1CNC. The molecule has 0 fully saturated rings. The number of ether oxygens (including phenoxy) is 1. The van der Waals surface area contributed by atoms with E-state index in [1.807, 2.05) is 25.4 Å². The maximum atomic E-state index is 5.58.